The zero-order valence-electron chi connectivity index (χ0n) is 14.3. The van der Waals surface area contributed by atoms with Crippen LogP contribution in [0.4, 0.5) is 0 Å². The minimum absolute atomic E-state index is 0.0397. The maximum absolute atomic E-state index is 12.6. The lowest BCUT2D eigenvalue weighted by molar-refractivity contribution is 0.0933. The molecule has 1 aromatic heterocycles. The van der Waals surface area contributed by atoms with Crippen LogP contribution in [-0.4, -0.2) is 36.0 Å². The van der Waals surface area contributed by atoms with Gasteiger partial charge in [0.1, 0.15) is 5.69 Å². The van der Waals surface area contributed by atoms with Crippen molar-refractivity contribution in [3.63, 3.8) is 0 Å². The van der Waals surface area contributed by atoms with Gasteiger partial charge in [-0.3, -0.25) is 4.79 Å². The Morgan fingerprint density at radius 3 is 2.65 bits per heavy atom. The monoisotopic (exact) mass is 340 g/mol. The molecule has 0 bridgehead atoms. The molecule has 1 aliphatic carbocycles. The fourth-order valence-electron chi connectivity index (χ4n) is 3.73. The highest BCUT2D eigenvalue weighted by atomic mass is 28.3. The summed E-state index contributed by atoms with van der Waals surface area (Å²) in [6.45, 7) is 8.80. The van der Waals surface area contributed by atoms with Gasteiger partial charge in [-0.05, 0) is 54.6 Å². The van der Waals surface area contributed by atoms with Crippen LogP contribution in [0.15, 0.2) is 18.2 Å². The predicted octanol–water partition coefficient (Wildman–Crippen LogP) is 3.69. The fraction of sp³-hybridized carbons (Fsp3) is 0.500. The molecule has 1 aromatic carbocycles. The molecule has 4 radical (unpaired) electrons. The molecule has 1 fully saturated rings. The van der Waals surface area contributed by atoms with E-state index in [0.29, 0.717) is 16.4 Å². The molecule has 1 aliphatic rings. The summed E-state index contributed by atoms with van der Waals surface area (Å²) in [5, 5.41) is 4.40. The third-order valence-corrected chi connectivity index (χ3v) is 9.46. The zero-order valence-corrected chi connectivity index (χ0v) is 16.3. The first kappa shape index (κ1) is 16.5. The summed E-state index contributed by atoms with van der Waals surface area (Å²) < 4.78 is 0.492. The van der Waals surface area contributed by atoms with Crippen molar-refractivity contribution in [1.29, 1.82) is 0 Å². The van der Waals surface area contributed by atoms with E-state index in [2.05, 4.69) is 49.4 Å². The lowest BCUT2D eigenvalue weighted by Crippen LogP contribution is -2.34. The number of H-pyrrole nitrogens is 1. The maximum Gasteiger partial charge on any atom is 0.267 e. The second kappa shape index (κ2) is 6.28. The molecular formula is C18H24N2OSi2. The van der Waals surface area contributed by atoms with E-state index in [4.69, 9.17) is 0 Å². The van der Waals surface area contributed by atoms with E-state index < -0.39 is 0 Å². The highest BCUT2D eigenvalue weighted by Gasteiger charge is 2.37. The Kier molecular flexibility index (Phi) is 4.51. The molecule has 0 spiro atoms. The van der Waals surface area contributed by atoms with Crippen molar-refractivity contribution in [2.75, 3.05) is 0 Å². The molecule has 1 atom stereocenters. The van der Waals surface area contributed by atoms with Crippen LogP contribution >= 0.6 is 0 Å². The number of aryl methyl sites for hydroxylation is 2. The van der Waals surface area contributed by atoms with Crippen molar-refractivity contribution in [3.05, 3.63) is 35.0 Å². The Balaban J connectivity index is 1.76. The molecule has 1 heterocycles. The molecule has 3 rings (SSSR count). The van der Waals surface area contributed by atoms with Crippen LogP contribution in [0.2, 0.25) is 17.8 Å². The SMILES string of the molecule is C[Si]C1([Si]C)CC[C@H](NC(=O)c2cc3c(C)cc(C)cc3[nH]2)C1. The maximum atomic E-state index is 12.6. The second-order valence-corrected chi connectivity index (χ2v) is 10.1. The normalized spacial score (nSPS) is 20.1. The van der Waals surface area contributed by atoms with E-state index in [0.717, 1.165) is 42.8 Å². The Morgan fingerprint density at radius 1 is 1.26 bits per heavy atom. The Hall–Kier alpha value is -1.34. The number of benzene rings is 1. The van der Waals surface area contributed by atoms with Gasteiger partial charge >= 0.3 is 0 Å². The number of hydrogen-bond acceptors (Lipinski definition) is 1. The van der Waals surface area contributed by atoms with Gasteiger partial charge in [-0.25, -0.2) is 0 Å². The number of aromatic nitrogens is 1. The minimum Gasteiger partial charge on any atom is -0.351 e. The number of rotatable bonds is 4. The number of hydrogen-bond donors (Lipinski definition) is 2. The first-order valence-electron chi connectivity index (χ1n) is 8.25. The van der Waals surface area contributed by atoms with Gasteiger partial charge < -0.3 is 10.3 Å². The minimum atomic E-state index is 0.0397. The summed E-state index contributed by atoms with van der Waals surface area (Å²) in [7, 11) is 1.95. The van der Waals surface area contributed by atoms with Crippen LogP contribution in [0.25, 0.3) is 10.9 Å². The standard InChI is InChI=1S/C18H24N2OSi2/c1-11-7-12(2)14-9-16(20-15(14)8-11)17(21)19-13-5-6-18(10-13,22-3)23-4/h7-9,13,20H,5-6,10H2,1-4H3,(H,19,21)/t13-/m0/s1. The van der Waals surface area contributed by atoms with Crippen LogP contribution in [-0.2, 0) is 0 Å². The van der Waals surface area contributed by atoms with E-state index in [-0.39, 0.29) is 5.91 Å². The van der Waals surface area contributed by atoms with Gasteiger partial charge in [0.2, 0.25) is 0 Å². The van der Waals surface area contributed by atoms with Crippen LogP contribution < -0.4 is 5.32 Å². The number of carbonyl (C=O) groups excluding carboxylic acids is 1. The Labute approximate surface area is 143 Å². The molecule has 0 saturated heterocycles. The van der Waals surface area contributed by atoms with Gasteiger partial charge in [0, 0.05) is 36.0 Å². The number of carbonyl (C=O) groups is 1. The third-order valence-electron chi connectivity index (χ3n) is 5.14. The van der Waals surface area contributed by atoms with E-state index in [1.807, 2.05) is 6.07 Å². The molecule has 0 aliphatic heterocycles. The molecule has 3 nitrogen and oxygen atoms in total. The van der Waals surface area contributed by atoms with Gasteiger partial charge in [0.05, 0.1) is 0 Å². The van der Waals surface area contributed by atoms with Gasteiger partial charge in [-0.1, -0.05) is 25.6 Å². The molecule has 5 heteroatoms. The van der Waals surface area contributed by atoms with Crippen molar-refractivity contribution in [1.82, 2.24) is 10.3 Å². The molecule has 1 saturated carbocycles. The number of nitrogens with one attached hydrogen (secondary N) is 2. The summed E-state index contributed by atoms with van der Waals surface area (Å²) in [6.07, 6.45) is 3.51. The molecule has 0 unspecified atom stereocenters. The second-order valence-electron chi connectivity index (χ2n) is 6.72. The lowest BCUT2D eigenvalue weighted by atomic mass is 10.1. The van der Waals surface area contributed by atoms with Crippen molar-refractivity contribution in [3.8, 4) is 0 Å². The predicted molar refractivity (Wildman–Crippen MR) is 98.8 cm³/mol. The van der Waals surface area contributed by atoms with Crippen LogP contribution in [0.5, 0.6) is 0 Å². The molecule has 23 heavy (non-hydrogen) atoms. The van der Waals surface area contributed by atoms with Gasteiger partial charge in [0.25, 0.3) is 5.91 Å². The van der Waals surface area contributed by atoms with Crippen LogP contribution in [0, 0.1) is 13.8 Å². The number of amides is 1. The van der Waals surface area contributed by atoms with Gasteiger partial charge in [-0.15, -0.1) is 0 Å². The first-order valence-corrected chi connectivity index (χ1v) is 11.2. The zero-order chi connectivity index (χ0) is 16.6. The van der Waals surface area contributed by atoms with Crippen molar-refractivity contribution >= 4 is 35.8 Å². The Morgan fingerprint density at radius 2 is 2.00 bits per heavy atom. The molecule has 2 N–H and O–H groups in total. The molecule has 1 amide bonds. The molecule has 120 valence electrons. The first-order chi connectivity index (χ1) is 11.0. The highest BCUT2D eigenvalue weighted by Crippen LogP contribution is 2.43. The fourth-order valence-corrected chi connectivity index (χ4v) is 6.42. The van der Waals surface area contributed by atoms with E-state index >= 15 is 0 Å². The quantitative estimate of drug-likeness (QED) is 0.819. The third kappa shape index (κ3) is 3.17. The highest BCUT2D eigenvalue weighted by molar-refractivity contribution is 6.60. The Bertz CT molecular complexity index is 734. The number of fused-ring (bicyclic) bond motifs is 1. The average Bonchev–Trinajstić information content (AvgIpc) is 3.12. The summed E-state index contributed by atoms with van der Waals surface area (Å²) in [5.41, 5.74) is 4.18. The summed E-state index contributed by atoms with van der Waals surface area (Å²) in [4.78, 5) is 15.9. The van der Waals surface area contributed by atoms with Crippen molar-refractivity contribution in [2.24, 2.45) is 0 Å². The van der Waals surface area contributed by atoms with E-state index in [9.17, 15) is 4.79 Å². The largest absolute Gasteiger partial charge is 0.351 e. The smallest absolute Gasteiger partial charge is 0.267 e. The van der Waals surface area contributed by atoms with Gasteiger partial charge in [-0.2, -0.15) is 0 Å². The van der Waals surface area contributed by atoms with Crippen LogP contribution in [0.1, 0.15) is 40.9 Å². The van der Waals surface area contributed by atoms with Crippen molar-refractivity contribution in [2.45, 2.75) is 56.9 Å². The summed E-state index contributed by atoms with van der Waals surface area (Å²) in [6, 6.07) is 6.59. The molecular weight excluding hydrogens is 316 g/mol. The number of aromatic amines is 1. The van der Waals surface area contributed by atoms with Gasteiger partial charge in [0.15, 0.2) is 0 Å². The lowest BCUT2D eigenvalue weighted by Gasteiger charge is -2.24. The topological polar surface area (TPSA) is 44.9 Å². The van der Waals surface area contributed by atoms with Crippen LogP contribution in [0.3, 0.4) is 0 Å². The van der Waals surface area contributed by atoms with Crippen molar-refractivity contribution < 1.29 is 4.79 Å². The van der Waals surface area contributed by atoms with E-state index in [1.54, 1.807) is 0 Å². The summed E-state index contributed by atoms with van der Waals surface area (Å²) in [5.74, 6) is 0.0397. The van der Waals surface area contributed by atoms with E-state index in [1.165, 1.54) is 17.5 Å². The molecule has 2 aromatic rings. The average molecular weight is 341 g/mol. The summed E-state index contributed by atoms with van der Waals surface area (Å²) >= 11 is 0.